The molecular weight excluding hydrogens is 331 g/mol. The Bertz CT molecular complexity index is 522. The summed E-state index contributed by atoms with van der Waals surface area (Å²) in [5, 5.41) is 0.342. The maximum atomic E-state index is 11.8. The van der Waals surface area contributed by atoms with Gasteiger partial charge in [0.25, 0.3) is 6.29 Å². The molecule has 7 heteroatoms. The zero-order chi connectivity index (χ0) is 16.9. The van der Waals surface area contributed by atoms with Gasteiger partial charge >= 0.3 is 12.1 Å². The van der Waals surface area contributed by atoms with Crippen molar-refractivity contribution in [3.05, 3.63) is 28.2 Å². The van der Waals surface area contributed by atoms with E-state index in [-0.39, 0.29) is 27.6 Å². The first-order valence-electron chi connectivity index (χ1n) is 6.75. The predicted octanol–water partition coefficient (Wildman–Crippen LogP) is 4.69. The first-order valence-corrected chi connectivity index (χ1v) is 7.51. The van der Waals surface area contributed by atoms with E-state index in [4.69, 9.17) is 37.4 Å². The van der Waals surface area contributed by atoms with Crippen LogP contribution in [-0.4, -0.2) is 18.4 Å². The van der Waals surface area contributed by atoms with Crippen LogP contribution in [0.25, 0.3) is 0 Å². The molecule has 0 amide bonds. The molecule has 1 aromatic rings. The molecule has 0 aromatic heterocycles. The third-order valence-corrected chi connectivity index (χ3v) is 3.16. The van der Waals surface area contributed by atoms with Gasteiger partial charge in [-0.05, 0) is 12.1 Å². The number of esters is 1. The van der Waals surface area contributed by atoms with E-state index in [2.05, 4.69) is 0 Å². The van der Waals surface area contributed by atoms with Crippen LogP contribution in [0.2, 0.25) is 10.0 Å². The van der Waals surface area contributed by atoms with Gasteiger partial charge in [0.05, 0.1) is 16.0 Å². The van der Waals surface area contributed by atoms with Crippen LogP contribution in [0.1, 0.15) is 27.7 Å². The third kappa shape index (κ3) is 5.39. The molecule has 0 saturated carbocycles. The van der Waals surface area contributed by atoms with Crippen molar-refractivity contribution in [2.45, 2.75) is 34.0 Å². The highest BCUT2D eigenvalue weighted by atomic mass is 35.5. The number of carbonyl (C=O) groups is 2. The molecule has 0 aliphatic heterocycles. The average Bonchev–Trinajstić information content (AvgIpc) is 2.42. The van der Waals surface area contributed by atoms with Gasteiger partial charge in [0.15, 0.2) is 5.75 Å². The minimum atomic E-state index is -1.05. The summed E-state index contributed by atoms with van der Waals surface area (Å²) < 4.78 is 15.1. The van der Waals surface area contributed by atoms with Gasteiger partial charge in [-0.3, -0.25) is 4.79 Å². The first-order chi connectivity index (χ1) is 10.2. The summed E-state index contributed by atoms with van der Waals surface area (Å²) in [4.78, 5) is 23.4. The van der Waals surface area contributed by atoms with Crippen LogP contribution in [0.4, 0.5) is 4.79 Å². The summed E-state index contributed by atoms with van der Waals surface area (Å²) in [6, 6.07) is 4.66. The molecule has 0 spiro atoms. The summed E-state index contributed by atoms with van der Waals surface area (Å²) in [7, 11) is 0. The quantitative estimate of drug-likeness (QED) is 0.438. The Morgan fingerprint density at radius 2 is 1.55 bits per heavy atom. The molecule has 0 saturated heterocycles. The molecule has 0 aliphatic rings. The summed E-state index contributed by atoms with van der Waals surface area (Å²) in [5.41, 5.74) is 0. The van der Waals surface area contributed by atoms with Gasteiger partial charge in [-0.15, -0.1) is 0 Å². The van der Waals surface area contributed by atoms with Crippen LogP contribution in [0.3, 0.4) is 0 Å². The highest BCUT2D eigenvalue weighted by molar-refractivity contribution is 6.37. The van der Waals surface area contributed by atoms with Crippen molar-refractivity contribution in [1.29, 1.82) is 0 Å². The van der Waals surface area contributed by atoms with Gasteiger partial charge in [-0.1, -0.05) is 57.0 Å². The zero-order valence-corrected chi connectivity index (χ0v) is 14.3. The van der Waals surface area contributed by atoms with Crippen LogP contribution < -0.4 is 4.74 Å². The van der Waals surface area contributed by atoms with E-state index >= 15 is 0 Å². The molecule has 1 atom stereocenters. The van der Waals surface area contributed by atoms with Gasteiger partial charge in [-0.2, -0.15) is 0 Å². The van der Waals surface area contributed by atoms with Crippen LogP contribution in [0, 0.1) is 11.8 Å². The normalized spacial score (nSPS) is 12.2. The maximum Gasteiger partial charge on any atom is 0.517 e. The van der Waals surface area contributed by atoms with Crippen LogP contribution in [0.15, 0.2) is 18.2 Å². The fraction of sp³-hybridized carbons (Fsp3) is 0.467. The SMILES string of the molecule is CC(C)C(=O)OC(OC(=O)Oc1c(Cl)cccc1Cl)C(C)C. The standard InChI is InChI=1S/C15H18Cl2O5/c1-8(2)13(18)21-14(9(3)4)22-15(19)20-12-10(16)6-5-7-11(12)17/h5-9,14H,1-4H3. The Labute approximate surface area is 139 Å². The van der Waals surface area contributed by atoms with Crippen LogP contribution >= 0.6 is 23.2 Å². The lowest BCUT2D eigenvalue weighted by Gasteiger charge is -2.22. The van der Waals surface area contributed by atoms with Gasteiger partial charge in [0.2, 0.25) is 0 Å². The molecule has 0 radical (unpaired) electrons. The molecule has 0 fully saturated rings. The van der Waals surface area contributed by atoms with Crippen molar-refractivity contribution in [2.75, 3.05) is 0 Å². The van der Waals surface area contributed by atoms with E-state index in [0.717, 1.165) is 0 Å². The van der Waals surface area contributed by atoms with E-state index < -0.39 is 18.4 Å². The Morgan fingerprint density at radius 1 is 1.00 bits per heavy atom. The number of hydrogen-bond donors (Lipinski definition) is 0. The van der Waals surface area contributed by atoms with Crippen molar-refractivity contribution in [3.8, 4) is 5.75 Å². The Morgan fingerprint density at radius 3 is 2.00 bits per heavy atom. The smallest absolute Gasteiger partial charge is 0.425 e. The van der Waals surface area contributed by atoms with Crippen molar-refractivity contribution in [2.24, 2.45) is 11.8 Å². The fourth-order valence-electron chi connectivity index (χ4n) is 1.33. The minimum absolute atomic E-state index is 0.00599. The molecule has 1 rings (SSSR count). The second-order valence-corrected chi connectivity index (χ2v) is 6.04. The van der Waals surface area contributed by atoms with E-state index in [0.29, 0.717) is 0 Å². The molecule has 0 aliphatic carbocycles. The topological polar surface area (TPSA) is 61.8 Å². The van der Waals surface area contributed by atoms with Gasteiger partial charge in [0, 0.05) is 5.92 Å². The first kappa shape index (κ1) is 18.6. The lowest BCUT2D eigenvalue weighted by Crippen LogP contribution is -2.32. The molecule has 0 bridgehead atoms. The molecule has 1 aromatic carbocycles. The van der Waals surface area contributed by atoms with E-state index in [1.165, 1.54) is 12.1 Å². The third-order valence-electron chi connectivity index (χ3n) is 2.56. The fourth-order valence-corrected chi connectivity index (χ4v) is 1.80. The summed E-state index contributed by atoms with van der Waals surface area (Å²) >= 11 is 11.8. The molecular formula is C15H18Cl2O5. The number of rotatable bonds is 5. The monoisotopic (exact) mass is 348 g/mol. The number of para-hydroxylation sites is 1. The highest BCUT2D eigenvalue weighted by Gasteiger charge is 2.26. The largest absolute Gasteiger partial charge is 0.517 e. The molecule has 22 heavy (non-hydrogen) atoms. The second-order valence-electron chi connectivity index (χ2n) is 5.22. The Hall–Kier alpha value is -1.46. The van der Waals surface area contributed by atoms with Crippen molar-refractivity contribution in [1.82, 2.24) is 0 Å². The second kappa shape index (κ2) is 8.25. The molecule has 0 N–H and O–H groups in total. The highest BCUT2D eigenvalue weighted by Crippen LogP contribution is 2.32. The molecule has 122 valence electrons. The molecule has 5 nitrogen and oxygen atoms in total. The lowest BCUT2D eigenvalue weighted by atomic mass is 10.2. The van der Waals surface area contributed by atoms with Crippen molar-refractivity contribution in [3.63, 3.8) is 0 Å². The number of benzene rings is 1. The lowest BCUT2D eigenvalue weighted by molar-refractivity contribution is -0.180. The summed E-state index contributed by atoms with van der Waals surface area (Å²) in [6.07, 6.45) is -2.10. The summed E-state index contributed by atoms with van der Waals surface area (Å²) in [6.45, 7) is 6.85. The van der Waals surface area contributed by atoms with Gasteiger partial charge in [0.1, 0.15) is 0 Å². The van der Waals surface area contributed by atoms with E-state index in [9.17, 15) is 9.59 Å². The van der Waals surface area contributed by atoms with E-state index in [1.807, 2.05) is 0 Å². The zero-order valence-electron chi connectivity index (χ0n) is 12.8. The van der Waals surface area contributed by atoms with Gasteiger partial charge in [-0.25, -0.2) is 4.79 Å². The maximum absolute atomic E-state index is 11.8. The number of carbonyl (C=O) groups excluding carboxylic acids is 2. The Balaban J connectivity index is 2.74. The van der Waals surface area contributed by atoms with Crippen molar-refractivity contribution >= 4 is 35.3 Å². The molecule has 0 heterocycles. The summed E-state index contributed by atoms with van der Waals surface area (Å²) in [5.74, 6) is -1.05. The van der Waals surface area contributed by atoms with Crippen LogP contribution in [-0.2, 0) is 14.3 Å². The number of halogens is 2. The van der Waals surface area contributed by atoms with Crippen LogP contribution in [0.5, 0.6) is 5.75 Å². The van der Waals surface area contributed by atoms with E-state index in [1.54, 1.807) is 33.8 Å². The predicted molar refractivity (Wildman–Crippen MR) is 83.1 cm³/mol. The van der Waals surface area contributed by atoms with Gasteiger partial charge < -0.3 is 14.2 Å². The Kier molecular flexibility index (Phi) is 6.97. The van der Waals surface area contributed by atoms with Crippen molar-refractivity contribution < 1.29 is 23.8 Å². The minimum Gasteiger partial charge on any atom is -0.425 e. The number of hydrogen-bond acceptors (Lipinski definition) is 5. The number of ether oxygens (including phenoxy) is 3. The average molecular weight is 349 g/mol. The molecule has 1 unspecified atom stereocenters.